The third-order valence-electron chi connectivity index (χ3n) is 7.68. The number of benzene rings is 2. The molecule has 4 nitrogen and oxygen atoms in total. The summed E-state index contributed by atoms with van der Waals surface area (Å²) in [4.78, 5) is 32.6. The van der Waals surface area contributed by atoms with E-state index < -0.39 is 0 Å². The van der Waals surface area contributed by atoms with E-state index in [9.17, 15) is 9.59 Å². The van der Waals surface area contributed by atoms with E-state index in [4.69, 9.17) is 0 Å². The first-order valence-electron chi connectivity index (χ1n) is 13.5. The van der Waals surface area contributed by atoms with Gasteiger partial charge >= 0.3 is 0 Å². The fourth-order valence-corrected chi connectivity index (χ4v) is 5.95. The Morgan fingerprint density at radius 2 is 1.70 bits per heavy atom. The fraction of sp³-hybridized carbons (Fsp3) is 0.438. The summed E-state index contributed by atoms with van der Waals surface area (Å²) in [5.74, 6) is -0.0785. The zero-order chi connectivity index (χ0) is 26.7. The van der Waals surface area contributed by atoms with Gasteiger partial charge in [-0.05, 0) is 77.4 Å². The van der Waals surface area contributed by atoms with E-state index in [0.717, 1.165) is 24.8 Å². The van der Waals surface area contributed by atoms with E-state index in [2.05, 4.69) is 70.3 Å². The van der Waals surface area contributed by atoms with E-state index in [0.29, 0.717) is 12.1 Å². The first-order valence-corrected chi connectivity index (χ1v) is 14.4. The van der Waals surface area contributed by atoms with Gasteiger partial charge < -0.3 is 9.80 Å². The van der Waals surface area contributed by atoms with E-state index in [1.54, 1.807) is 16.2 Å². The highest BCUT2D eigenvalue weighted by Gasteiger charge is 2.35. The molecule has 0 aliphatic carbocycles. The van der Waals surface area contributed by atoms with Gasteiger partial charge in [0.2, 0.25) is 5.91 Å². The smallest absolute Gasteiger partial charge is 0.254 e. The van der Waals surface area contributed by atoms with Gasteiger partial charge in [0.1, 0.15) is 6.54 Å². The van der Waals surface area contributed by atoms with Gasteiger partial charge in [-0.3, -0.25) is 9.59 Å². The van der Waals surface area contributed by atoms with Crippen LogP contribution >= 0.6 is 11.3 Å². The van der Waals surface area contributed by atoms with Crippen molar-refractivity contribution in [1.29, 1.82) is 0 Å². The molecular formula is C32H40N2O2S. The molecule has 0 saturated heterocycles. The highest BCUT2D eigenvalue weighted by Crippen LogP contribution is 2.38. The summed E-state index contributed by atoms with van der Waals surface area (Å²) in [6.45, 7) is 13.6. The minimum absolute atomic E-state index is 0.000534. The van der Waals surface area contributed by atoms with Gasteiger partial charge in [0.15, 0.2) is 0 Å². The molecule has 37 heavy (non-hydrogen) atoms. The molecule has 5 heteroatoms. The van der Waals surface area contributed by atoms with E-state index >= 15 is 0 Å². The lowest BCUT2D eigenvalue weighted by Crippen LogP contribution is -2.49. The Morgan fingerprint density at radius 3 is 2.30 bits per heavy atom. The van der Waals surface area contributed by atoms with Crippen LogP contribution in [-0.2, 0) is 23.1 Å². The average molecular weight is 517 g/mol. The molecule has 1 aromatic heterocycles. The summed E-state index contributed by atoms with van der Waals surface area (Å²) in [7, 11) is 0. The Morgan fingerprint density at radius 1 is 1.03 bits per heavy atom. The van der Waals surface area contributed by atoms with Crippen molar-refractivity contribution in [2.45, 2.75) is 78.3 Å². The van der Waals surface area contributed by atoms with Crippen LogP contribution in [0.4, 0.5) is 0 Å². The van der Waals surface area contributed by atoms with E-state index in [-0.39, 0.29) is 35.9 Å². The second kappa shape index (κ2) is 11.2. The zero-order valence-corrected chi connectivity index (χ0v) is 23.9. The number of rotatable bonds is 7. The number of thiophene rings is 1. The van der Waals surface area contributed by atoms with Gasteiger partial charge in [-0.15, -0.1) is 11.3 Å². The lowest BCUT2D eigenvalue weighted by Gasteiger charge is -2.38. The summed E-state index contributed by atoms with van der Waals surface area (Å²) in [5.41, 5.74) is 5.52. The van der Waals surface area contributed by atoms with Crippen molar-refractivity contribution >= 4 is 23.2 Å². The fourth-order valence-electron chi connectivity index (χ4n) is 5.04. The number of aryl methyl sites for hydroxylation is 1. The Labute approximate surface area is 226 Å². The number of hydrogen-bond acceptors (Lipinski definition) is 3. The summed E-state index contributed by atoms with van der Waals surface area (Å²) >= 11 is 1.77. The van der Waals surface area contributed by atoms with Crippen LogP contribution in [-0.4, -0.2) is 40.7 Å². The summed E-state index contributed by atoms with van der Waals surface area (Å²) in [5, 5.41) is 2.13. The Balaban J connectivity index is 1.63. The maximum absolute atomic E-state index is 13.9. The molecular weight excluding hydrogens is 476 g/mol. The molecule has 2 heterocycles. The lowest BCUT2D eigenvalue weighted by molar-refractivity contribution is -0.134. The number of carbonyl (C=O) groups is 2. The third-order valence-corrected chi connectivity index (χ3v) is 8.67. The molecule has 1 aliphatic rings. The summed E-state index contributed by atoms with van der Waals surface area (Å²) in [6.07, 6.45) is 2.57. The third kappa shape index (κ3) is 5.82. The number of nitrogens with zero attached hydrogens (tertiary/aromatic N) is 2. The largest absolute Gasteiger partial charge is 0.330 e. The molecule has 2 unspecified atom stereocenters. The Hall–Kier alpha value is -2.92. The molecule has 0 bridgehead atoms. The molecule has 3 aromatic rings. The number of fused-ring (bicyclic) bond motifs is 1. The molecule has 0 N–H and O–H groups in total. The van der Waals surface area contributed by atoms with Crippen molar-refractivity contribution in [3.8, 4) is 0 Å². The van der Waals surface area contributed by atoms with Crippen LogP contribution in [0, 0.1) is 0 Å². The average Bonchev–Trinajstić information content (AvgIpc) is 3.39. The van der Waals surface area contributed by atoms with Gasteiger partial charge in [0.05, 0.1) is 6.04 Å². The second-order valence-corrected chi connectivity index (χ2v) is 12.2. The predicted octanol–water partition coefficient (Wildman–Crippen LogP) is 7.02. The molecule has 4 rings (SSSR count). The number of amides is 2. The quantitative estimate of drug-likeness (QED) is 0.338. The topological polar surface area (TPSA) is 40.6 Å². The van der Waals surface area contributed by atoms with Gasteiger partial charge in [-0.2, -0.15) is 0 Å². The minimum Gasteiger partial charge on any atom is -0.330 e. The van der Waals surface area contributed by atoms with Gasteiger partial charge in [0.25, 0.3) is 5.91 Å². The van der Waals surface area contributed by atoms with Crippen LogP contribution in [0.1, 0.15) is 91.5 Å². The van der Waals surface area contributed by atoms with E-state index in [1.807, 2.05) is 36.1 Å². The molecule has 0 spiro atoms. The Kier molecular flexibility index (Phi) is 8.23. The Bertz CT molecular complexity index is 1220. The van der Waals surface area contributed by atoms with Crippen molar-refractivity contribution in [1.82, 2.24) is 9.80 Å². The first kappa shape index (κ1) is 27.1. The predicted molar refractivity (Wildman–Crippen MR) is 153 cm³/mol. The lowest BCUT2D eigenvalue weighted by atomic mass is 9.85. The highest BCUT2D eigenvalue weighted by atomic mass is 32.1. The normalized spacial score (nSPS) is 16.3. The maximum Gasteiger partial charge on any atom is 0.254 e. The van der Waals surface area contributed by atoms with Crippen LogP contribution in [0.2, 0.25) is 0 Å². The van der Waals surface area contributed by atoms with Crippen LogP contribution in [0.15, 0.2) is 60.0 Å². The van der Waals surface area contributed by atoms with Crippen LogP contribution < -0.4 is 0 Å². The summed E-state index contributed by atoms with van der Waals surface area (Å²) in [6, 6.07) is 18.5. The van der Waals surface area contributed by atoms with Crippen LogP contribution in [0.25, 0.3) is 0 Å². The van der Waals surface area contributed by atoms with Gasteiger partial charge in [-0.1, -0.05) is 71.0 Å². The van der Waals surface area contributed by atoms with Gasteiger partial charge in [-0.25, -0.2) is 0 Å². The first-order chi connectivity index (χ1) is 17.6. The molecule has 0 radical (unpaired) electrons. The molecule has 0 fully saturated rings. The number of hydrogen-bond donors (Lipinski definition) is 0. The van der Waals surface area contributed by atoms with Crippen LogP contribution in [0.5, 0.6) is 0 Å². The molecule has 2 aromatic carbocycles. The highest BCUT2D eigenvalue weighted by molar-refractivity contribution is 7.10. The minimum atomic E-state index is -0.130. The SMILES string of the molecule is CCc1ccc(C(=O)N(CC(=O)N2CCc3sccc3C2c2ccc(C(C)(C)C)cc2)C(C)CC)cc1. The van der Waals surface area contributed by atoms with Crippen molar-refractivity contribution in [2.75, 3.05) is 13.1 Å². The molecule has 196 valence electrons. The molecule has 0 saturated carbocycles. The van der Waals surface area contributed by atoms with Crippen molar-refractivity contribution in [3.63, 3.8) is 0 Å². The van der Waals surface area contributed by atoms with Crippen molar-refractivity contribution in [3.05, 3.63) is 92.7 Å². The standard InChI is InChI=1S/C32H40N2O2S/c1-7-22(3)34(31(36)25-11-9-23(8-2)10-12-25)21-29(35)33-19-17-28-27(18-20-37-28)30(33)24-13-15-26(16-14-24)32(4,5)6/h9-16,18,20,22,30H,7-8,17,19,21H2,1-6H3. The molecule has 2 amide bonds. The van der Waals surface area contributed by atoms with Gasteiger partial charge in [0, 0.05) is 23.0 Å². The van der Waals surface area contributed by atoms with Crippen molar-refractivity contribution in [2.24, 2.45) is 0 Å². The molecule has 2 atom stereocenters. The van der Waals surface area contributed by atoms with Crippen molar-refractivity contribution < 1.29 is 9.59 Å². The number of carbonyl (C=O) groups excluding carboxylic acids is 2. The second-order valence-electron chi connectivity index (χ2n) is 11.2. The molecule has 1 aliphatic heterocycles. The van der Waals surface area contributed by atoms with Crippen LogP contribution in [0.3, 0.4) is 0 Å². The zero-order valence-electron chi connectivity index (χ0n) is 23.1. The monoisotopic (exact) mass is 516 g/mol. The maximum atomic E-state index is 13.9. The van der Waals surface area contributed by atoms with E-state index in [1.165, 1.54) is 21.6 Å². The summed E-state index contributed by atoms with van der Waals surface area (Å²) < 4.78 is 0.